The van der Waals surface area contributed by atoms with Gasteiger partial charge in [0.05, 0.1) is 0 Å². The Morgan fingerprint density at radius 2 is 2.45 bits per heavy atom. The fraction of sp³-hybridized carbons (Fsp3) is 0.750. The molecule has 1 atom stereocenters. The smallest absolute Gasteiger partial charge is 0.219 e. The fourth-order valence-electron chi connectivity index (χ4n) is 1.03. The summed E-state index contributed by atoms with van der Waals surface area (Å²) in [5.41, 5.74) is 0. The Balaban J connectivity index is 2.36. The molecule has 0 fully saturated rings. The third kappa shape index (κ3) is 2.33. The Hall–Kier alpha value is -0.860. The number of hydrogen-bond donors (Lipinski definition) is 0. The molecule has 1 aromatic rings. The fourth-order valence-corrected chi connectivity index (χ4v) is 1.03. The summed E-state index contributed by atoms with van der Waals surface area (Å²) in [6, 6.07) is 0. The van der Waals surface area contributed by atoms with E-state index in [0.29, 0.717) is 5.92 Å². The highest BCUT2D eigenvalue weighted by Crippen LogP contribution is 2.18. The van der Waals surface area contributed by atoms with E-state index in [-0.39, 0.29) is 0 Å². The Morgan fingerprint density at radius 1 is 1.64 bits per heavy atom. The van der Waals surface area contributed by atoms with Crippen molar-refractivity contribution in [2.45, 2.75) is 39.0 Å². The first-order chi connectivity index (χ1) is 5.34. The number of nitrogens with zero attached hydrogens (tertiary/aromatic N) is 2. The summed E-state index contributed by atoms with van der Waals surface area (Å²) in [5.74, 6) is 1.18. The van der Waals surface area contributed by atoms with Gasteiger partial charge in [-0.1, -0.05) is 26.7 Å². The van der Waals surface area contributed by atoms with Crippen molar-refractivity contribution < 1.29 is 4.42 Å². The van der Waals surface area contributed by atoms with Crippen molar-refractivity contribution in [2.24, 2.45) is 0 Å². The minimum atomic E-state index is 0.414. The summed E-state index contributed by atoms with van der Waals surface area (Å²) in [6.07, 6.45) is 4.97. The molecule has 0 aliphatic carbocycles. The largest absolute Gasteiger partial charge is 0.428 e. The molecular formula is C8H14N2O. The molecule has 3 heteroatoms. The summed E-state index contributed by atoms with van der Waals surface area (Å²) in [6.45, 7) is 4.30. The van der Waals surface area contributed by atoms with Crippen LogP contribution in [0, 0.1) is 0 Å². The van der Waals surface area contributed by atoms with Crippen LogP contribution in [0.25, 0.3) is 0 Å². The Morgan fingerprint density at radius 3 is 3.00 bits per heavy atom. The van der Waals surface area contributed by atoms with Gasteiger partial charge in [0, 0.05) is 5.92 Å². The standard InChI is InChI=1S/C8H14N2O/c1-3-4-5-7(2)8-10-9-6-11-8/h6-7H,3-5H2,1-2H3. The molecule has 0 saturated carbocycles. The maximum absolute atomic E-state index is 5.07. The van der Waals surface area contributed by atoms with Crippen LogP contribution in [0.3, 0.4) is 0 Å². The van der Waals surface area contributed by atoms with Crippen LogP contribution in [0.15, 0.2) is 10.8 Å². The molecule has 0 spiro atoms. The second-order valence-electron chi connectivity index (χ2n) is 2.82. The monoisotopic (exact) mass is 154 g/mol. The van der Waals surface area contributed by atoms with E-state index in [2.05, 4.69) is 24.0 Å². The summed E-state index contributed by atoms with van der Waals surface area (Å²) in [4.78, 5) is 0. The number of aromatic nitrogens is 2. The van der Waals surface area contributed by atoms with E-state index in [1.165, 1.54) is 19.2 Å². The zero-order valence-electron chi connectivity index (χ0n) is 7.08. The molecule has 3 nitrogen and oxygen atoms in total. The van der Waals surface area contributed by atoms with E-state index in [0.717, 1.165) is 12.3 Å². The molecule has 0 amide bonds. The molecule has 0 saturated heterocycles. The van der Waals surface area contributed by atoms with E-state index < -0.39 is 0 Å². The van der Waals surface area contributed by atoms with E-state index in [1.807, 2.05) is 0 Å². The van der Waals surface area contributed by atoms with Gasteiger partial charge in [0.1, 0.15) is 0 Å². The third-order valence-corrected chi connectivity index (χ3v) is 1.79. The zero-order chi connectivity index (χ0) is 8.10. The van der Waals surface area contributed by atoms with Gasteiger partial charge in [-0.2, -0.15) is 0 Å². The number of rotatable bonds is 4. The molecule has 0 aromatic carbocycles. The first kappa shape index (κ1) is 8.24. The van der Waals surface area contributed by atoms with Crippen LogP contribution in [-0.2, 0) is 0 Å². The van der Waals surface area contributed by atoms with Crippen molar-refractivity contribution in [3.8, 4) is 0 Å². The van der Waals surface area contributed by atoms with E-state index in [4.69, 9.17) is 4.42 Å². The Kier molecular flexibility index (Phi) is 3.08. The molecule has 0 aliphatic rings. The molecule has 1 rings (SSSR count). The van der Waals surface area contributed by atoms with Gasteiger partial charge in [0.25, 0.3) is 0 Å². The van der Waals surface area contributed by atoms with Crippen molar-refractivity contribution in [1.29, 1.82) is 0 Å². The van der Waals surface area contributed by atoms with E-state index >= 15 is 0 Å². The maximum Gasteiger partial charge on any atom is 0.219 e. The third-order valence-electron chi connectivity index (χ3n) is 1.79. The van der Waals surface area contributed by atoms with Gasteiger partial charge >= 0.3 is 0 Å². The lowest BCUT2D eigenvalue weighted by Gasteiger charge is -2.03. The summed E-state index contributed by atoms with van der Waals surface area (Å²) in [5, 5.41) is 7.49. The minimum Gasteiger partial charge on any atom is -0.428 e. The molecule has 1 aromatic heterocycles. The van der Waals surface area contributed by atoms with Crippen molar-refractivity contribution in [3.63, 3.8) is 0 Å². The summed E-state index contributed by atoms with van der Waals surface area (Å²) < 4.78 is 5.07. The van der Waals surface area contributed by atoms with Gasteiger partial charge in [0.15, 0.2) is 0 Å². The Bertz CT molecular complexity index is 184. The normalized spacial score (nSPS) is 13.3. The van der Waals surface area contributed by atoms with Gasteiger partial charge in [-0.15, -0.1) is 10.2 Å². The molecule has 1 heterocycles. The quantitative estimate of drug-likeness (QED) is 0.668. The van der Waals surface area contributed by atoms with Crippen LogP contribution >= 0.6 is 0 Å². The highest BCUT2D eigenvalue weighted by atomic mass is 16.4. The average molecular weight is 154 g/mol. The first-order valence-electron chi connectivity index (χ1n) is 4.10. The lowest BCUT2D eigenvalue weighted by molar-refractivity contribution is 0.438. The van der Waals surface area contributed by atoms with Gasteiger partial charge in [-0.05, 0) is 6.42 Å². The van der Waals surface area contributed by atoms with Gasteiger partial charge in [0.2, 0.25) is 12.3 Å². The minimum absolute atomic E-state index is 0.414. The molecule has 0 N–H and O–H groups in total. The van der Waals surface area contributed by atoms with Crippen LogP contribution in [0.5, 0.6) is 0 Å². The number of hydrogen-bond acceptors (Lipinski definition) is 3. The Labute approximate surface area is 66.8 Å². The van der Waals surface area contributed by atoms with Crippen LogP contribution in [0.4, 0.5) is 0 Å². The topological polar surface area (TPSA) is 38.9 Å². The average Bonchev–Trinajstić information content (AvgIpc) is 2.52. The van der Waals surface area contributed by atoms with Crippen LogP contribution in [0.2, 0.25) is 0 Å². The number of unbranched alkanes of at least 4 members (excludes halogenated alkanes) is 1. The second kappa shape index (κ2) is 4.11. The lowest BCUT2D eigenvalue weighted by Crippen LogP contribution is -1.93. The van der Waals surface area contributed by atoms with Crippen molar-refractivity contribution in [2.75, 3.05) is 0 Å². The van der Waals surface area contributed by atoms with Gasteiger partial charge in [-0.3, -0.25) is 0 Å². The SMILES string of the molecule is CCCCC(C)c1nnco1. The molecular weight excluding hydrogens is 140 g/mol. The molecule has 0 aliphatic heterocycles. The predicted molar refractivity (Wildman–Crippen MR) is 42.2 cm³/mol. The van der Waals surface area contributed by atoms with Crippen LogP contribution in [-0.4, -0.2) is 10.2 Å². The van der Waals surface area contributed by atoms with Gasteiger partial charge in [-0.25, -0.2) is 0 Å². The highest BCUT2D eigenvalue weighted by molar-refractivity contribution is 4.84. The van der Waals surface area contributed by atoms with Crippen molar-refractivity contribution in [3.05, 3.63) is 12.3 Å². The van der Waals surface area contributed by atoms with E-state index in [9.17, 15) is 0 Å². The molecule has 0 bridgehead atoms. The van der Waals surface area contributed by atoms with Crippen LogP contribution in [0.1, 0.15) is 44.9 Å². The lowest BCUT2D eigenvalue weighted by atomic mass is 10.1. The molecule has 11 heavy (non-hydrogen) atoms. The highest BCUT2D eigenvalue weighted by Gasteiger charge is 2.08. The molecule has 62 valence electrons. The summed E-state index contributed by atoms with van der Waals surface area (Å²) in [7, 11) is 0. The van der Waals surface area contributed by atoms with E-state index in [1.54, 1.807) is 0 Å². The molecule has 0 radical (unpaired) electrons. The summed E-state index contributed by atoms with van der Waals surface area (Å²) >= 11 is 0. The van der Waals surface area contributed by atoms with Gasteiger partial charge < -0.3 is 4.42 Å². The van der Waals surface area contributed by atoms with Crippen molar-refractivity contribution >= 4 is 0 Å². The van der Waals surface area contributed by atoms with Crippen LogP contribution < -0.4 is 0 Å². The maximum atomic E-state index is 5.07. The zero-order valence-corrected chi connectivity index (χ0v) is 7.08. The first-order valence-corrected chi connectivity index (χ1v) is 4.10. The van der Waals surface area contributed by atoms with Crippen molar-refractivity contribution in [1.82, 2.24) is 10.2 Å². The second-order valence-corrected chi connectivity index (χ2v) is 2.82. The predicted octanol–water partition coefficient (Wildman–Crippen LogP) is 2.36. The molecule has 1 unspecified atom stereocenters.